The number of nitrogens with one attached hydrogen (secondary N) is 1. The molecular formula is C22H30N2O4. The van der Waals surface area contributed by atoms with E-state index in [4.69, 9.17) is 4.74 Å². The van der Waals surface area contributed by atoms with Crippen molar-refractivity contribution in [2.75, 3.05) is 25.0 Å². The van der Waals surface area contributed by atoms with Crippen molar-refractivity contribution in [3.63, 3.8) is 0 Å². The van der Waals surface area contributed by atoms with E-state index in [1.807, 2.05) is 4.90 Å². The first-order valence-corrected chi connectivity index (χ1v) is 10.5. The number of carbonyl (C=O) groups is 3. The second kappa shape index (κ2) is 9.71. The molecule has 0 bridgehead atoms. The summed E-state index contributed by atoms with van der Waals surface area (Å²) in [5.74, 6) is -0.236. The fourth-order valence-electron chi connectivity index (χ4n) is 4.18. The molecule has 1 heterocycles. The lowest BCUT2D eigenvalue weighted by Crippen LogP contribution is -2.44. The van der Waals surface area contributed by atoms with Gasteiger partial charge in [-0.05, 0) is 44.7 Å². The van der Waals surface area contributed by atoms with Crippen LogP contribution in [0.25, 0.3) is 0 Å². The summed E-state index contributed by atoms with van der Waals surface area (Å²) >= 11 is 0. The van der Waals surface area contributed by atoms with Gasteiger partial charge in [0.25, 0.3) is 0 Å². The predicted molar refractivity (Wildman–Crippen MR) is 107 cm³/mol. The molecule has 1 aromatic rings. The summed E-state index contributed by atoms with van der Waals surface area (Å²) in [6, 6.07) is 6.89. The summed E-state index contributed by atoms with van der Waals surface area (Å²) < 4.78 is 5.06. The Morgan fingerprint density at radius 3 is 2.36 bits per heavy atom. The third-order valence-electron chi connectivity index (χ3n) is 5.81. The Kier molecular flexibility index (Phi) is 7.06. The van der Waals surface area contributed by atoms with Crippen LogP contribution in [0.15, 0.2) is 24.3 Å². The molecule has 28 heavy (non-hydrogen) atoms. The van der Waals surface area contributed by atoms with Gasteiger partial charge in [-0.15, -0.1) is 0 Å². The minimum absolute atomic E-state index is 0.0958. The second-order valence-electron chi connectivity index (χ2n) is 7.69. The van der Waals surface area contributed by atoms with Crippen molar-refractivity contribution >= 4 is 23.5 Å². The van der Waals surface area contributed by atoms with E-state index in [9.17, 15) is 14.4 Å². The van der Waals surface area contributed by atoms with Crippen LogP contribution in [-0.4, -0.2) is 42.4 Å². The summed E-state index contributed by atoms with van der Waals surface area (Å²) in [4.78, 5) is 39.4. The van der Waals surface area contributed by atoms with E-state index in [1.165, 1.54) is 6.42 Å². The zero-order chi connectivity index (χ0) is 19.9. The Morgan fingerprint density at radius 2 is 1.68 bits per heavy atom. The summed E-state index contributed by atoms with van der Waals surface area (Å²) in [5.41, 5.74) is 0.842. The van der Waals surface area contributed by atoms with Gasteiger partial charge in [-0.3, -0.25) is 9.59 Å². The molecule has 0 unspecified atom stereocenters. The second-order valence-corrected chi connectivity index (χ2v) is 7.69. The van der Waals surface area contributed by atoms with E-state index in [-0.39, 0.29) is 30.3 Å². The molecule has 0 aromatic heterocycles. The van der Waals surface area contributed by atoms with Crippen LogP contribution < -0.4 is 5.32 Å². The number of benzene rings is 1. The average molecular weight is 386 g/mol. The standard InChI is InChI=1S/C22H30N2O4/c1-2-28-22(27)18-10-6-7-11-19(18)23-20(25)16-12-14-24(15-13-16)21(26)17-8-4-3-5-9-17/h6-7,10-11,16-17H,2-5,8-9,12-15H2,1H3,(H,23,25). The smallest absolute Gasteiger partial charge is 0.340 e. The molecule has 0 spiro atoms. The Balaban J connectivity index is 1.54. The lowest BCUT2D eigenvalue weighted by atomic mass is 9.87. The number of piperidine rings is 1. The van der Waals surface area contributed by atoms with Crippen molar-refractivity contribution < 1.29 is 19.1 Å². The number of esters is 1. The zero-order valence-corrected chi connectivity index (χ0v) is 16.6. The van der Waals surface area contributed by atoms with Crippen molar-refractivity contribution in [3.8, 4) is 0 Å². The van der Waals surface area contributed by atoms with Crippen LogP contribution in [0.2, 0.25) is 0 Å². The number of nitrogens with zero attached hydrogens (tertiary/aromatic N) is 1. The van der Waals surface area contributed by atoms with Crippen LogP contribution in [0.5, 0.6) is 0 Å². The number of ether oxygens (including phenoxy) is 1. The van der Waals surface area contributed by atoms with E-state index >= 15 is 0 Å². The van der Waals surface area contributed by atoms with Gasteiger partial charge in [-0.25, -0.2) is 4.79 Å². The van der Waals surface area contributed by atoms with Crippen molar-refractivity contribution in [1.82, 2.24) is 4.90 Å². The topological polar surface area (TPSA) is 75.7 Å². The molecule has 0 radical (unpaired) electrons. The summed E-state index contributed by atoms with van der Waals surface area (Å²) in [6.07, 6.45) is 6.86. The van der Waals surface area contributed by atoms with Crippen molar-refractivity contribution in [2.24, 2.45) is 11.8 Å². The van der Waals surface area contributed by atoms with E-state index in [0.29, 0.717) is 37.2 Å². The van der Waals surface area contributed by atoms with Gasteiger partial charge in [0, 0.05) is 24.9 Å². The highest BCUT2D eigenvalue weighted by Crippen LogP contribution is 2.28. The van der Waals surface area contributed by atoms with Gasteiger partial charge in [0.05, 0.1) is 17.9 Å². The first-order valence-electron chi connectivity index (χ1n) is 10.5. The van der Waals surface area contributed by atoms with Crippen molar-refractivity contribution in [2.45, 2.75) is 51.9 Å². The molecule has 0 atom stereocenters. The maximum absolute atomic E-state index is 12.7. The molecule has 1 saturated heterocycles. The average Bonchev–Trinajstić information content (AvgIpc) is 2.74. The largest absolute Gasteiger partial charge is 0.462 e. The van der Waals surface area contributed by atoms with E-state index < -0.39 is 5.97 Å². The molecule has 6 nitrogen and oxygen atoms in total. The van der Waals surface area contributed by atoms with Gasteiger partial charge in [0.2, 0.25) is 11.8 Å². The van der Waals surface area contributed by atoms with Gasteiger partial charge in [0.1, 0.15) is 0 Å². The maximum Gasteiger partial charge on any atom is 0.340 e. The van der Waals surface area contributed by atoms with Crippen molar-refractivity contribution in [3.05, 3.63) is 29.8 Å². The number of para-hydroxylation sites is 1. The van der Waals surface area contributed by atoms with Crippen LogP contribution in [-0.2, 0) is 14.3 Å². The summed E-state index contributed by atoms with van der Waals surface area (Å²) in [5, 5.41) is 2.88. The van der Waals surface area contributed by atoms with Gasteiger partial charge in [0.15, 0.2) is 0 Å². The van der Waals surface area contributed by atoms with Gasteiger partial charge in [-0.2, -0.15) is 0 Å². The summed E-state index contributed by atoms with van der Waals surface area (Å²) in [7, 11) is 0. The zero-order valence-electron chi connectivity index (χ0n) is 16.6. The quantitative estimate of drug-likeness (QED) is 0.784. The normalized spacial score (nSPS) is 18.5. The molecule has 3 rings (SSSR count). The van der Waals surface area contributed by atoms with Crippen LogP contribution >= 0.6 is 0 Å². The fourth-order valence-corrected chi connectivity index (χ4v) is 4.18. The SMILES string of the molecule is CCOC(=O)c1ccccc1NC(=O)C1CCN(C(=O)C2CCCCC2)CC1. The molecule has 1 aliphatic carbocycles. The highest BCUT2D eigenvalue weighted by Gasteiger charge is 2.31. The molecule has 2 fully saturated rings. The molecule has 1 saturated carbocycles. The number of hydrogen-bond acceptors (Lipinski definition) is 4. The fraction of sp³-hybridized carbons (Fsp3) is 0.591. The highest BCUT2D eigenvalue weighted by molar-refractivity contribution is 6.01. The third kappa shape index (κ3) is 4.91. The number of likely N-dealkylation sites (tertiary alicyclic amines) is 1. The highest BCUT2D eigenvalue weighted by atomic mass is 16.5. The van der Waals surface area contributed by atoms with Crippen molar-refractivity contribution in [1.29, 1.82) is 0 Å². The van der Waals surface area contributed by atoms with Crippen LogP contribution in [0.3, 0.4) is 0 Å². The molecule has 2 amide bonds. The minimum Gasteiger partial charge on any atom is -0.462 e. The van der Waals surface area contributed by atoms with E-state index in [1.54, 1.807) is 31.2 Å². The monoisotopic (exact) mass is 386 g/mol. The van der Waals surface area contributed by atoms with Gasteiger partial charge >= 0.3 is 5.97 Å². The number of anilines is 1. The first-order chi connectivity index (χ1) is 13.6. The number of hydrogen-bond donors (Lipinski definition) is 1. The number of rotatable bonds is 5. The molecule has 6 heteroatoms. The van der Waals surface area contributed by atoms with Crippen LogP contribution in [0.4, 0.5) is 5.69 Å². The molecular weight excluding hydrogens is 356 g/mol. The lowest BCUT2D eigenvalue weighted by molar-refractivity contribution is -0.139. The minimum atomic E-state index is -0.439. The molecule has 1 N–H and O–H groups in total. The van der Waals surface area contributed by atoms with E-state index in [2.05, 4.69) is 5.32 Å². The first kappa shape index (κ1) is 20.4. The molecule has 1 aromatic carbocycles. The maximum atomic E-state index is 12.7. The molecule has 1 aliphatic heterocycles. The number of amides is 2. The van der Waals surface area contributed by atoms with Gasteiger partial charge in [-0.1, -0.05) is 31.4 Å². The third-order valence-corrected chi connectivity index (χ3v) is 5.81. The Bertz CT molecular complexity index is 704. The predicted octanol–water partition coefficient (Wildman–Crippen LogP) is 3.62. The number of carbonyl (C=O) groups excluding carboxylic acids is 3. The Hall–Kier alpha value is -2.37. The van der Waals surface area contributed by atoms with Crippen LogP contribution in [0.1, 0.15) is 62.2 Å². The molecule has 152 valence electrons. The summed E-state index contributed by atoms with van der Waals surface area (Å²) in [6.45, 7) is 3.30. The van der Waals surface area contributed by atoms with Crippen LogP contribution in [0, 0.1) is 11.8 Å². The van der Waals surface area contributed by atoms with E-state index in [0.717, 1.165) is 25.7 Å². The molecule has 2 aliphatic rings. The Morgan fingerprint density at radius 1 is 1.00 bits per heavy atom. The Labute approximate surface area is 166 Å². The van der Waals surface area contributed by atoms with Gasteiger partial charge < -0.3 is 15.0 Å². The lowest BCUT2D eigenvalue weighted by Gasteiger charge is -2.34.